The molecule has 5 heteroatoms. The highest BCUT2D eigenvalue weighted by atomic mass is 32.1. The highest BCUT2D eigenvalue weighted by Crippen LogP contribution is 2.21. The van der Waals surface area contributed by atoms with E-state index in [-0.39, 0.29) is 0 Å². The number of benzene rings is 3. The average Bonchev–Trinajstić information content (AvgIpc) is 3.08. The van der Waals surface area contributed by atoms with Crippen LogP contribution in [-0.2, 0) is 0 Å². The van der Waals surface area contributed by atoms with E-state index in [0.717, 1.165) is 16.7 Å². The molecular formula is C22H18N4S. The fourth-order valence-corrected chi connectivity index (χ4v) is 3.09. The maximum atomic E-state index is 5.35. The number of aromatic amines is 1. The van der Waals surface area contributed by atoms with Crippen molar-refractivity contribution in [1.82, 2.24) is 14.9 Å². The predicted octanol–water partition coefficient (Wildman–Crippen LogP) is 5.47. The third kappa shape index (κ3) is 3.64. The van der Waals surface area contributed by atoms with Crippen molar-refractivity contribution in [2.45, 2.75) is 6.92 Å². The molecule has 1 heterocycles. The highest BCUT2D eigenvalue weighted by molar-refractivity contribution is 7.71. The van der Waals surface area contributed by atoms with Gasteiger partial charge in [-0.25, -0.2) is 5.10 Å². The largest absolute Gasteiger partial charge is 0.250 e. The van der Waals surface area contributed by atoms with Crippen molar-refractivity contribution in [3.8, 4) is 22.5 Å². The Bertz CT molecular complexity index is 1140. The lowest BCUT2D eigenvalue weighted by molar-refractivity contribution is 0.871. The van der Waals surface area contributed by atoms with Crippen LogP contribution in [0.5, 0.6) is 0 Å². The molecule has 0 saturated heterocycles. The van der Waals surface area contributed by atoms with Gasteiger partial charge in [0.05, 0.1) is 6.21 Å². The maximum absolute atomic E-state index is 5.35. The van der Waals surface area contributed by atoms with E-state index in [9.17, 15) is 0 Å². The summed E-state index contributed by atoms with van der Waals surface area (Å²) in [4.78, 5) is 0. The van der Waals surface area contributed by atoms with Gasteiger partial charge < -0.3 is 0 Å². The van der Waals surface area contributed by atoms with Crippen molar-refractivity contribution in [3.05, 3.63) is 94.8 Å². The Labute approximate surface area is 162 Å². The zero-order valence-electron chi connectivity index (χ0n) is 14.8. The number of hydrogen-bond acceptors (Lipinski definition) is 3. The van der Waals surface area contributed by atoms with Crippen LogP contribution in [0.1, 0.15) is 11.1 Å². The second-order valence-corrected chi connectivity index (χ2v) is 6.60. The Morgan fingerprint density at radius 1 is 0.889 bits per heavy atom. The van der Waals surface area contributed by atoms with Crippen LogP contribution in [-0.4, -0.2) is 21.1 Å². The van der Waals surface area contributed by atoms with Gasteiger partial charge in [0.15, 0.2) is 5.82 Å². The van der Waals surface area contributed by atoms with Gasteiger partial charge in [-0.2, -0.15) is 14.9 Å². The van der Waals surface area contributed by atoms with Gasteiger partial charge in [-0.05, 0) is 41.4 Å². The molecule has 0 amide bonds. The number of rotatable bonds is 4. The van der Waals surface area contributed by atoms with E-state index in [1.54, 1.807) is 10.9 Å². The summed E-state index contributed by atoms with van der Waals surface area (Å²) in [5.74, 6) is 0.704. The lowest BCUT2D eigenvalue weighted by Crippen LogP contribution is -1.96. The molecule has 0 unspecified atom stereocenters. The summed E-state index contributed by atoms with van der Waals surface area (Å²) in [6.07, 6.45) is 1.79. The molecule has 0 aliphatic heterocycles. The molecule has 0 saturated carbocycles. The quantitative estimate of drug-likeness (QED) is 0.383. The molecule has 1 N–H and O–H groups in total. The van der Waals surface area contributed by atoms with Gasteiger partial charge in [0, 0.05) is 5.56 Å². The van der Waals surface area contributed by atoms with Crippen molar-refractivity contribution in [2.24, 2.45) is 5.10 Å². The maximum Gasteiger partial charge on any atom is 0.216 e. The zero-order chi connectivity index (χ0) is 18.6. The monoisotopic (exact) mass is 370 g/mol. The van der Waals surface area contributed by atoms with Gasteiger partial charge in [0.2, 0.25) is 4.77 Å². The second-order valence-electron chi connectivity index (χ2n) is 6.21. The van der Waals surface area contributed by atoms with Crippen molar-refractivity contribution in [2.75, 3.05) is 0 Å². The molecule has 1 aromatic heterocycles. The summed E-state index contributed by atoms with van der Waals surface area (Å²) in [6.45, 7) is 2.05. The molecular weight excluding hydrogens is 352 g/mol. The van der Waals surface area contributed by atoms with E-state index >= 15 is 0 Å². The van der Waals surface area contributed by atoms with Crippen LogP contribution in [0.15, 0.2) is 84.0 Å². The standard InChI is InChI=1S/C22H18N4S/c1-16-7-5-6-10-20(16)21-24-25-22(27)26(21)23-15-17-11-13-19(14-12-17)18-8-3-2-4-9-18/h2-15H,1H3,(H,25,27). The van der Waals surface area contributed by atoms with Gasteiger partial charge in [0.1, 0.15) is 0 Å². The predicted molar refractivity (Wildman–Crippen MR) is 112 cm³/mol. The van der Waals surface area contributed by atoms with Crippen molar-refractivity contribution >= 4 is 18.4 Å². The molecule has 132 valence electrons. The van der Waals surface area contributed by atoms with Crippen LogP contribution >= 0.6 is 12.2 Å². The molecule has 27 heavy (non-hydrogen) atoms. The first kappa shape index (κ1) is 17.1. The molecule has 4 aromatic rings. The molecule has 4 nitrogen and oxygen atoms in total. The van der Waals surface area contributed by atoms with Gasteiger partial charge in [-0.15, -0.1) is 0 Å². The molecule has 0 aliphatic carbocycles. The van der Waals surface area contributed by atoms with Crippen molar-refractivity contribution in [1.29, 1.82) is 0 Å². The second kappa shape index (κ2) is 7.51. The Kier molecular flexibility index (Phi) is 4.77. The van der Waals surface area contributed by atoms with Gasteiger partial charge in [-0.3, -0.25) is 0 Å². The minimum Gasteiger partial charge on any atom is -0.250 e. The Morgan fingerprint density at radius 2 is 1.56 bits per heavy atom. The number of nitrogens with one attached hydrogen (secondary N) is 1. The minimum absolute atomic E-state index is 0.463. The first-order valence-electron chi connectivity index (χ1n) is 8.65. The Morgan fingerprint density at radius 3 is 2.30 bits per heavy atom. The summed E-state index contributed by atoms with van der Waals surface area (Å²) < 4.78 is 2.12. The van der Waals surface area contributed by atoms with E-state index in [0.29, 0.717) is 10.6 Å². The third-order valence-corrected chi connectivity index (χ3v) is 4.64. The van der Waals surface area contributed by atoms with E-state index in [1.165, 1.54) is 11.1 Å². The molecule has 0 bridgehead atoms. The summed E-state index contributed by atoms with van der Waals surface area (Å²) in [7, 11) is 0. The molecule has 3 aromatic carbocycles. The average molecular weight is 370 g/mol. The SMILES string of the molecule is Cc1ccccc1-c1n[nH]c(=S)n1N=Cc1ccc(-c2ccccc2)cc1. The van der Waals surface area contributed by atoms with Crippen LogP contribution in [0, 0.1) is 11.7 Å². The van der Waals surface area contributed by atoms with E-state index in [2.05, 4.69) is 39.6 Å². The smallest absolute Gasteiger partial charge is 0.216 e. The molecule has 0 aliphatic rings. The van der Waals surface area contributed by atoms with Gasteiger partial charge in [0.25, 0.3) is 0 Å². The van der Waals surface area contributed by atoms with E-state index in [1.807, 2.05) is 61.5 Å². The molecule has 0 fully saturated rings. The zero-order valence-corrected chi connectivity index (χ0v) is 15.6. The molecule has 0 radical (unpaired) electrons. The Hall–Kier alpha value is -3.31. The lowest BCUT2D eigenvalue weighted by atomic mass is 10.0. The van der Waals surface area contributed by atoms with Crippen LogP contribution < -0.4 is 0 Å². The number of nitrogens with zero attached hydrogens (tertiary/aromatic N) is 3. The number of hydrogen-bond donors (Lipinski definition) is 1. The fraction of sp³-hybridized carbons (Fsp3) is 0.0455. The first-order valence-corrected chi connectivity index (χ1v) is 9.06. The summed E-state index contributed by atoms with van der Waals surface area (Å²) in [5, 5.41) is 11.7. The number of aromatic nitrogens is 3. The third-order valence-electron chi connectivity index (χ3n) is 4.38. The van der Waals surface area contributed by atoms with Crippen LogP contribution in [0.25, 0.3) is 22.5 Å². The first-order chi connectivity index (χ1) is 13.2. The topological polar surface area (TPSA) is 46.0 Å². The molecule has 4 rings (SSSR count). The van der Waals surface area contributed by atoms with Crippen molar-refractivity contribution < 1.29 is 0 Å². The fourth-order valence-electron chi connectivity index (χ4n) is 2.91. The van der Waals surface area contributed by atoms with Crippen molar-refractivity contribution in [3.63, 3.8) is 0 Å². The van der Waals surface area contributed by atoms with E-state index < -0.39 is 0 Å². The van der Waals surface area contributed by atoms with Crippen LogP contribution in [0.2, 0.25) is 0 Å². The normalized spacial score (nSPS) is 11.1. The van der Waals surface area contributed by atoms with Gasteiger partial charge >= 0.3 is 0 Å². The summed E-state index contributed by atoms with van der Waals surface area (Å²) in [5.41, 5.74) is 5.48. The molecule has 0 atom stereocenters. The van der Waals surface area contributed by atoms with Crippen LogP contribution in [0.4, 0.5) is 0 Å². The number of aryl methyl sites for hydroxylation is 1. The Balaban J connectivity index is 1.64. The lowest BCUT2D eigenvalue weighted by Gasteiger charge is -2.04. The highest BCUT2D eigenvalue weighted by Gasteiger charge is 2.10. The molecule has 0 spiro atoms. The summed E-state index contributed by atoms with van der Waals surface area (Å²) in [6, 6.07) is 26.6. The summed E-state index contributed by atoms with van der Waals surface area (Å²) >= 11 is 5.35. The minimum atomic E-state index is 0.463. The van der Waals surface area contributed by atoms with E-state index in [4.69, 9.17) is 12.2 Å². The van der Waals surface area contributed by atoms with Gasteiger partial charge in [-0.1, -0.05) is 78.9 Å². The van der Waals surface area contributed by atoms with Crippen LogP contribution in [0.3, 0.4) is 0 Å². The number of H-pyrrole nitrogens is 1.